The van der Waals surface area contributed by atoms with E-state index in [4.69, 9.17) is 0 Å². The number of amides is 1. The third kappa shape index (κ3) is 5.41. The largest absolute Gasteiger partial charge is 0.350 e. The molecule has 1 N–H and O–H groups in total. The molecule has 0 aromatic carbocycles. The van der Waals surface area contributed by atoms with Crippen LogP contribution in [0.3, 0.4) is 0 Å². The van der Waals surface area contributed by atoms with Gasteiger partial charge in [0.25, 0.3) is 0 Å². The maximum atomic E-state index is 12.0. The summed E-state index contributed by atoms with van der Waals surface area (Å²) in [5.41, 5.74) is -0.165. The van der Waals surface area contributed by atoms with E-state index in [2.05, 4.69) is 42.0 Å². The molecule has 0 spiro atoms. The molecule has 17 heavy (non-hydrogen) atoms. The highest BCUT2D eigenvalue weighted by Crippen LogP contribution is 2.26. The van der Waals surface area contributed by atoms with E-state index >= 15 is 0 Å². The van der Waals surface area contributed by atoms with Gasteiger partial charge in [-0.1, -0.05) is 48.5 Å². The molecule has 100 valence electrons. The second-order valence-corrected chi connectivity index (χ2v) is 7.32. The van der Waals surface area contributed by atoms with Crippen molar-refractivity contribution in [2.75, 3.05) is 0 Å². The maximum Gasteiger partial charge on any atom is 0.220 e. The Balaban J connectivity index is 2.38. The van der Waals surface area contributed by atoms with E-state index < -0.39 is 0 Å². The summed E-state index contributed by atoms with van der Waals surface area (Å²) < 4.78 is 0. The van der Waals surface area contributed by atoms with Crippen LogP contribution in [0.4, 0.5) is 0 Å². The Bertz CT molecular complexity index is 243. The number of halogens is 1. The van der Waals surface area contributed by atoms with Gasteiger partial charge in [0.15, 0.2) is 0 Å². The van der Waals surface area contributed by atoms with Crippen LogP contribution < -0.4 is 5.32 Å². The summed E-state index contributed by atoms with van der Waals surface area (Å²) in [5, 5.41) is 3.14. The van der Waals surface area contributed by atoms with Gasteiger partial charge in [-0.15, -0.1) is 0 Å². The van der Waals surface area contributed by atoms with Crippen LogP contribution in [-0.4, -0.2) is 16.3 Å². The third-order valence-electron chi connectivity index (χ3n) is 3.90. The summed E-state index contributed by atoms with van der Waals surface area (Å²) in [6, 6.07) is 0. The lowest BCUT2D eigenvalue weighted by Gasteiger charge is -2.30. The predicted molar refractivity (Wildman–Crippen MR) is 76.4 cm³/mol. The molecule has 0 radical (unpaired) electrons. The molecule has 1 atom stereocenters. The molecule has 0 aromatic rings. The quantitative estimate of drug-likeness (QED) is 0.617. The standard InChI is InChI=1S/C14H26BrNO/c1-11(15)14(2,3)16-13(17)10-12-8-6-4-5-7-9-12/h11-12H,4-10H2,1-3H3,(H,16,17). The Hall–Kier alpha value is -0.0500. The van der Waals surface area contributed by atoms with Crippen molar-refractivity contribution in [3.63, 3.8) is 0 Å². The molecule has 0 saturated heterocycles. The summed E-state index contributed by atoms with van der Waals surface area (Å²) in [5.74, 6) is 0.826. The van der Waals surface area contributed by atoms with Crippen molar-refractivity contribution in [2.24, 2.45) is 5.92 Å². The van der Waals surface area contributed by atoms with Gasteiger partial charge in [-0.25, -0.2) is 0 Å². The van der Waals surface area contributed by atoms with E-state index in [1.807, 2.05) is 0 Å². The number of hydrogen-bond donors (Lipinski definition) is 1. The molecule has 0 heterocycles. The van der Waals surface area contributed by atoms with Crippen molar-refractivity contribution in [2.45, 2.75) is 76.1 Å². The van der Waals surface area contributed by atoms with E-state index in [9.17, 15) is 4.79 Å². The Morgan fingerprint density at radius 1 is 1.29 bits per heavy atom. The molecule has 2 nitrogen and oxygen atoms in total. The van der Waals surface area contributed by atoms with E-state index in [1.54, 1.807) is 0 Å². The molecular formula is C14H26BrNO. The van der Waals surface area contributed by atoms with Gasteiger partial charge in [-0.3, -0.25) is 4.79 Å². The van der Waals surface area contributed by atoms with Gasteiger partial charge in [0.1, 0.15) is 0 Å². The van der Waals surface area contributed by atoms with Crippen LogP contribution in [0.5, 0.6) is 0 Å². The highest BCUT2D eigenvalue weighted by molar-refractivity contribution is 9.09. The predicted octanol–water partition coefficient (Wildman–Crippen LogP) is 4.03. The van der Waals surface area contributed by atoms with Crippen LogP contribution >= 0.6 is 15.9 Å². The van der Waals surface area contributed by atoms with Crippen molar-refractivity contribution in [3.05, 3.63) is 0 Å². The van der Waals surface area contributed by atoms with Crippen LogP contribution in [0, 0.1) is 5.92 Å². The Labute approximate surface area is 114 Å². The minimum atomic E-state index is -0.165. The zero-order valence-corrected chi connectivity index (χ0v) is 13.0. The summed E-state index contributed by atoms with van der Waals surface area (Å²) >= 11 is 3.55. The lowest BCUT2D eigenvalue weighted by Crippen LogP contribution is -2.49. The first kappa shape index (κ1) is 15.0. The van der Waals surface area contributed by atoms with Gasteiger partial charge in [-0.05, 0) is 32.6 Å². The zero-order valence-electron chi connectivity index (χ0n) is 11.4. The number of nitrogens with one attached hydrogen (secondary N) is 1. The molecule has 1 unspecified atom stereocenters. The van der Waals surface area contributed by atoms with Crippen molar-refractivity contribution < 1.29 is 4.79 Å². The van der Waals surface area contributed by atoms with Crippen molar-refractivity contribution in [1.82, 2.24) is 5.32 Å². The Morgan fingerprint density at radius 3 is 2.29 bits per heavy atom. The average Bonchev–Trinajstić information content (AvgIpc) is 2.45. The Kier molecular flexibility index (Phi) is 5.98. The van der Waals surface area contributed by atoms with Gasteiger partial charge < -0.3 is 5.32 Å². The van der Waals surface area contributed by atoms with Crippen molar-refractivity contribution in [1.29, 1.82) is 0 Å². The molecule has 1 aliphatic carbocycles. The molecule has 0 bridgehead atoms. The van der Waals surface area contributed by atoms with Crippen LogP contribution in [0.2, 0.25) is 0 Å². The molecule has 1 aliphatic rings. The van der Waals surface area contributed by atoms with E-state index in [0.29, 0.717) is 12.3 Å². The highest BCUT2D eigenvalue weighted by Gasteiger charge is 2.26. The lowest BCUT2D eigenvalue weighted by atomic mass is 9.95. The fraction of sp³-hybridized carbons (Fsp3) is 0.929. The van der Waals surface area contributed by atoms with E-state index in [1.165, 1.54) is 38.5 Å². The molecule has 0 aliphatic heterocycles. The number of carbonyl (C=O) groups excluding carboxylic acids is 1. The van der Waals surface area contributed by atoms with Gasteiger partial charge in [0, 0.05) is 16.8 Å². The Morgan fingerprint density at radius 2 is 1.82 bits per heavy atom. The first-order chi connectivity index (χ1) is 7.92. The number of carbonyl (C=O) groups is 1. The van der Waals surface area contributed by atoms with Gasteiger partial charge >= 0.3 is 0 Å². The van der Waals surface area contributed by atoms with Gasteiger partial charge in [0.2, 0.25) is 5.91 Å². The minimum Gasteiger partial charge on any atom is -0.350 e. The average molecular weight is 304 g/mol. The minimum absolute atomic E-state index is 0.165. The van der Waals surface area contributed by atoms with Gasteiger partial charge in [0.05, 0.1) is 0 Å². The molecule has 1 saturated carbocycles. The molecule has 0 aromatic heterocycles. The fourth-order valence-corrected chi connectivity index (χ4v) is 2.45. The maximum absolute atomic E-state index is 12.0. The number of alkyl halides is 1. The van der Waals surface area contributed by atoms with Gasteiger partial charge in [-0.2, -0.15) is 0 Å². The smallest absolute Gasteiger partial charge is 0.220 e. The second-order valence-electron chi connectivity index (χ2n) is 5.95. The molecular weight excluding hydrogens is 278 g/mol. The normalized spacial score (nSPS) is 20.7. The number of hydrogen-bond acceptors (Lipinski definition) is 1. The summed E-state index contributed by atoms with van der Waals surface area (Å²) in [6.07, 6.45) is 8.48. The lowest BCUT2D eigenvalue weighted by molar-refractivity contribution is -0.123. The molecule has 1 rings (SSSR count). The number of rotatable bonds is 4. The SMILES string of the molecule is CC(Br)C(C)(C)NC(=O)CC1CCCCCC1. The van der Waals surface area contributed by atoms with E-state index in [-0.39, 0.29) is 16.3 Å². The van der Waals surface area contributed by atoms with Crippen LogP contribution in [0.25, 0.3) is 0 Å². The molecule has 3 heteroatoms. The van der Waals surface area contributed by atoms with Crippen LogP contribution in [0.15, 0.2) is 0 Å². The molecule has 1 fully saturated rings. The molecule has 1 amide bonds. The van der Waals surface area contributed by atoms with E-state index in [0.717, 1.165) is 0 Å². The monoisotopic (exact) mass is 303 g/mol. The first-order valence-electron chi connectivity index (χ1n) is 6.87. The topological polar surface area (TPSA) is 29.1 Å². The zero-order chi connectivity index (χ0) is 12.9. The third-order valence-corrected chi connectivity index (χ3v) is 5.05. The van der Waals surface area contributed by atoms with Crippen LogP contribution in [-0.2, 0) is 4.79 Å². The fourth-order valence-electron chi connectivity index (χ4n) is 2.34. The summed E-state index contributed by atoms with van der Waals surface area (Å²) in [6.45, 7) is 6.21. The summed E-state index contributed by atoms with van der Waals surface area (Å²) in [4.78, 5) is 12.3. The second kappa shape index (κ2) is 6.77. The summed E-state index contributed by atoms with van der Waals surface area (Å²) in [7, 11) is 0. The van der Waals surface area contributed by atoms with Crippen molar-refractivity contribution >= 4 is 21.8 Å². The van der Waals surface area contributed by atoms with Crippen molar-refractivity contribution in [3.8, 4) is 0 Å². The highest BCUT2D eigenvalue weighted by atomic mass is 79.9. The first-order valence-corrected chi connectivity index (χ1v) is 7.78. The van der Waals surface area contributed by atoms with Crippen LogP contribution in [0.1, 0.15) is 65.7 Å².